The Morgan fingerprint density at radius 2 is 2.14 bits per heavy atom. The van der Waals surface area contributed by atoms with Crippen molar-refractivity contribution in [2.45, 2.75) is 12.3 Å². The highest BCUT2D eigenvalue weighted by Crippen LogP contribution is 2.34. The SMILES string of the molecule is COc1cc(N)cc(C(=O)NCC2Cc3ccccc32)c1. The highest BCUT2D eigenvalue weighted by molar-refractivity contribution is 5.95. The summed E-state index contributed by atoms with van der Waals surface area (Å²) in [6.45, 7) is 0.646. The quantitative estimate of drug-likeness (QED) is 0.846. The van der Waals surface area contributed by atoms with Gasteiger partial charge in [-0.1, -0.05) is 24.3 Å². The molecule has 0 aliphatic heterocycles. The molecule has 108 valence electrons. The lowest BCUT2D eigenvalue weighted by atomic mass is 9.77. The Morgan fingerprint density at radius 3 is 2.90 bits per heavy atom. The van der Waals surface area contributed by atoms with Crippen LogP contribution in [0.25, 0.3) is 0 Å². The lowest BCUT2D eigenvalue weighted by molar-refractivity contribution is 0.0949. The molecule has 4 heteroatoms. The van der Waals surface area contributed by atoms with Crippen LogP contribution in [0.4, 0.5) is 5.69 Å². The van der Waals surface area contributed by atoms with Crippen molar-refractivity contribution in [1.82, 2.24) is 5.32 Å². The minimum absolute atomic E-state index is 0.120. The van der Waals surface area contributed by atoms with Crippen molar-refractivity contribution >= 4 is 11.6 Å². The third kappa shape index (κ3) is 2.70. The fraction of sp³-hybridized carbons (Fsp3) is 0.235. The predicted molar refractivity (Wildman–Crippen MR) is 82.6 cm³/mol. The van der Waals surface area contributed by atoms with Crippen LogP contribution in [-0.2, 0) is 6.42 Å². The van der Waals surface area contributed by atoms with Crippen molar-refractivity contribution in [1.29, 1.82) is 0 Å². The number of nitrogen functional groups attached to an aromatic ring is 1. The van der Waals surface area contributed by atoms with Gasteiger partial charge < -0.3 is 15.8 Å². The predicted octanol–water partition coefficient (Wildman–Crippen LogP) is 2.35. The maximum Gasteiger partial charge on any atom is 0.251 e. The van der Waals surface area contributed by atoms with E-state index >= 15 is 0 Å². The number of hydrogen-bond acceptors (Lipinski definition) is 3. The topological polar surface area (TPSA) is 64.3 Å². The van der Waals surface area contributed by atoms with Crippen LogP contribution >= 0.6 is 0 Å². The number of nitrogens with two attached hydrogens (primary N) is 1. The summed E-state index contributed by atoms with van der Waals surface area (Å²) >= 11 is 0. The zero-order valence-electron chi connectivity index (χ0n) is 11.9. The van der Waals surface area contributed by atoms with Crippen LogP contribution in [-0.4, -0.2) is 19.6 Å². The maximum absolute atomic E-state index is 12.2. The second-order valence-electron chi connectivity index (χ2n) is 5.30. The number of fused-ring (bicyclic) bond motifs is 1. The van der Waals surface area contributed by atoms with Gasteiger partial charge >= 0.3 is 0 Å². The monoisotopic (exact) mass is 282 g/mol. The van der Waals surface area contributed by atoms with Crippen molar-refractivity contribution in [3.05, 3.63) is 59.2 Å². The average molecular weight is 282 g/mol. The van der Waals surface area contributed by atoms with Gasteiger partial charge in [-0.25, -0.2) is 0 Å². The Bertz CT molecular complexity index is 682. The minimum atomic E-state index is -0.120. The Labute approximate surface area is 123 Å². The first kappa shape index (κ1) is 13.5. The zero-order valence-corrected chi connectivity index (χ0v) is 11.9. The summed E-state index contributed by atoms with van der Waals surface area (Å²) in [7, 11) is 1.56. The molecule has 3 rings (SSSR count). The van der Waals surface area contributed by atoms with Gasteiger partial charge in [-0.15, -0.1) is 0 Å². The molecule has 0 heterocycles. The zero-order chi connectivity index (χ0) is 14.8. The molecule has 1 amide bonds. The van der Waals surface area contributed by atoms with E-state index < -0.39 is 0 Å². The van der Waals surface area contributed by atoms with Gasteiger partial charge in [-0.3, -0.25) is 4.79 Å². The van der Waals surface area contributed by atoms with E-state index in [1.54, 1.807) is 25.3 Å². The minimum Gasteiger partial charge on any atom is -0.497 e. The Hall–Kier alpha value is -2.49. The molecule has 1 atom stereocenters. The van der Waals surface area contributed by atoms with Gasteiger partial charge in [0.25, 0.3) is 5.91 Å². The summed E-state index contributed by atoms with van der Waals surface area (Å²) in [6.07, 6.45) is 1.02. The van der Waals surface area contributed by atoms with Crippen LogP contribution in [0.5, 0.6) is 5.75 Å². The van der Waals surface area contributed by atoms with Crippen molar-refractivity contribution in [3.8, 4) is 5.75 Å². The van der Waals surface area contributed by atoms with E-state index in [1.165, 1.54) is 11.1 Å². The molecular weight excluding hydrogens is 264 g/mol. The Balaban J connectivity index is 1.64. The summed E-state index contributed by atoms with van der Waals surface area (Å²) in [6, 6.07) is 13.4. The van der Waals surface area contributed by atoms with Crippen molar-refractivity contribution in [3.63, 3.8) is 0 Å². The summed E-state index contributed by atoms with van der Waals surface area (Å²) in [5, 5.41) is 2.97. The lowest BCUT2D eigenvalue weighted by Gasteiger charge is -2.30. The molecular formula is C17H18N2O2. The van der Waals surface area contributed by atoms with E-state index in [2.05, 4.69) is 17.4 Å². The van der Waals surface area contributed by atoms with E-state index in [-0.39, 0.29) is 5.91 Å². The van der Waals surface area contributed by atoms with E-state index in [4.69, 9.17) is 10.5 Å². The van der Waals surface area contributed by atoms with Gasteiger partial charge in [0.05, 0.1) is 7.11 Å². The third-order valence-electron chi connectivity index (χ3n) is 3.90. The van der Waals surface area contributed by atoms with Gasteiger partial charge in [0, 0.05) is 29.8 Å². The largest absolute Gasteiger partial charge is 0.497 e. The molecule has 0 bridgehead atoms. The number of benzene rings is 2. The van der Waals surface area contributed by atoms with Gasteiger partial charge in [0.2, 0.25) is 0 Å². The first-order valence-corrected chi connectivity index (χ1v) is 6.98. The van der Waals surface area contributed by atoms with Crippen LogP contribution in [0.3, 0.4) is 0 Å². The maximum atomic E-state index is 12.2. The molecule has 1 aliphatic rings. The third-order valence-corrected chi connectivity index (χ3v) is 3.90. The molecule has 0 saturated heterocycles. The van der Waals surface area contributed by atoms with E-state index in [1.807, 2.05) is 12.1 Å². The highest BCUT2D eigenvalue weighted by Gasteiger charge is 2.25. The molecule has 2 aromatic carbocycles. The van der Waals surface area contributed by atoms with Crippen molar-refractivity contribution < 1.29 is 9.53 Å². The molecule has 0 radical (unpaired) electrons. The molecule has 1 unspecified atom stereocenters. The smallest absolute Gasteiger partial charge is 0.251 e. The fourth-order valence-corrected chi connectivity index (χ4v) is 2.73. The van der Waals surface area contributed by atoms with Gasteiger partial charge in [0.1, 0.15) is 5.75 Å². The summed E-state index contributed by atoms with van der Waals surface area (Å²) < 4.78 is 5.13. The highest BCUT2D eigenvalue weighted by atomic mass is 16.5. The summed E-state index contributed by atoms with van der Waals surface area (Å²) in [4.78, 5) is 12.2. The molecule has 1 aliphatic carbocycles. The average Bonchev–Trinajstić information content (AvgIpc) is 2.47. The van der Waals surface area contributed by atoms with Crippen LogP contribution < -0.4 is 15.8 Å². The molecule has 21 heavy (non-hydrogen) atoms. The first-order valence-electron chi connectivity index (χ1n) is 6.98. The van der Waals surface area contributed by atoms with E-state index in [0.29, 0.717) is 29.5 Å². The number of carbonyl (C=O) groups is 1. The number of rotatable bonds is 4. The molecule has 3 N–H and O–H groups in total. The van der Waals surface area contributed by atoms with Crippen LogP contribution in [0.2, 0.25) is 0 Å². The molecule has 0 saturated carbocycles. The number of amides is 1. The van der Waals surface area contributed by atoms with Gasteiger partial charge in [0.15, 0.2) is 0 Å². The lowest BCUT2D eigenvalue weighted by Crippen LogP contribution is -2.33. The number of anilines is 1. The number of ether oxygens (including phenoxy) is 1. The van der Waals surface area contributed by atoms with Crippen molar-refractivity contribution in [2.24, 2.45) is 0 Å². The van der Waals surface area contributed by atoms with Crippen LogP contribution in [0, 0.1) is 0 Å². The Morgan fingerprint density at radius 1 is 1.33 bits per heavy atom. The van der Waals surface area contributed by atoms with Gasteiger partial charge in [-0.2, -0.15) is 0 Å². The Kier molecular flexibility index (Phi) is 3.52. The number of hydrogen-bond donors (Lipinski definition) is 2. The second kappa shape index (κ2) is 5.48. The second-order valence-corrected chi connectivity index (χ2v) is 5.30. The van der Waals surface area contributed by atoms with Crippen LogP contribution in [0.1, 0.15) is 27.4 Å². The molecule has 4 nitrogen and oxygen atoms in total. The fourth-order valence-electron chi connectivity index (χ4n) is 2.73. The number of nitrogens with one attached hydrogen (secondary N) is 1. The molecule has 2 aromatic rings. The summed E-state index contributed by atoms with van der Waals surface area (Å²) in [5.74, 6) is 0.882. The van der Waals surface area contributed by atoms with Crippen molar-refractivity contribution in [2.75, 3.05) is 19.4 Å². The normalized spacial score (nSPS) is 15.8. The standard InChI is InChI=1S/C17H18N2O2/c1-21-15-8-12(7-14(18)9-15)17(20)19-10-13-6-11-4-2-3-5-16(11)13/h2-5,7-9,13H,6,10,18H2,1H3,(H,19,20). The number of methoxy groups -OCH3 is 1. The molecule has 0 fully saturated rings. The van der Waals surface area contributed by atoms with E-state index in [9.17, 15) is 4.79 Å². The van der Waals surface area contributed by atoms with Crippen LogP contribution in [0.15, 0.2) is 42.5 Å². The van der Waals surface area contributed by atoms with E-state index in [0.717, 1.165) is 6.42 Å². The first-order chi connectivity index (χ1) is 10.2. The number of carbonyl (C=O) groups excluding carboxylic acids is 1. The van der Waals surface area contributed by atoms with Gasteiger partial charge in [-0.05, 0) is 29.7 Å². The molecule has 0 spiro atoms. The molecule has 0 aromatic heterocycles. The summed E-state index contributed by atoms with van der Waals surface area (Å²) in [5.41, 5.74) is 9.53.